The summed E-state index contributed by atoms with van der Waals surface area (Å²) in [5, 5.41) is 0.287. The van der Waals surface area contributed by atoms with Gasteiger partial charge >= 0.3 is 12.0 Å². The van der Waals surface area contributed by atoms with E-state index in [2.05, 4.69) is 10.9 Å². The summed E-state index contributed by atoms with van der Waals surface area (Å²) in [6, 6.07) is 2.89. The van der Waals surface area contributed by atoms with Gasteiger partial charge in [-0.05, 0) is 24.0 Å². The number of nitrogens with zero attached hydrogens (tertiary/aromatic N) is 2. The van der Waals surface area contributed by atoms with E-state index in [4.69, 9.17) is 16.3 Å². The summed E-state index contributed by atoms with van der Waals surface area (Å²) in [6.07, 6.45) is -4.97. The molecule has 8 heteroatoms. The molecule has 0 radical (unpaired) electrons. The van der Waals surface area contributed by atoms with Gasteiger partial charge in [0.05, 0.1) is 13.2 Å². The van der Waals surface area contributed by atoms with Crippen LogP contribution in [0.1, 0.15) is 5.69 Å². The van der Waals surface area contributed by atoms with Gasteiger partial charge in [0.15, 0.2) is 0 Å². The van der Waals surface area contributed by atoms with Gasteiger partial charge < -0.3 is 9.64 Å². The number of ketones is 1. The Kier molecular flexibility index (Phi) is 4.70. The highest BCUT2D eigenvalue weighted by Crippen LogP contribution is 2.20. The van der Waals surface area contributed by atoms with E-state index in [-0.39, 0.29) is 10.7 Å². The number of aromatic nitrogens is 1. The number of ether oxygens (including phenoxy) is 1. The lowest BCUT2D eigenvalue weighted by Crippen LogP contribution is -2.36. The summed E-state index contributed by atoms with van der Waals surface area (Å²) in [4.78, 5) is 16.7. The number of alkyl halides is 3. The van der Waals surface area contributed by atoms with Crippen LogP contribution in [-0.2, 0) is 9.53 Å². The number of hydrogen-bond donors (Lipinski definition) is 0. The maximum Gasteiger partial charge on any atom is 0.462 e. The summed E-state index contributed by atoms with van der Waals surface area (Å²) in [6.45, 7) is 2.26. The first kappa shape index (κ1) is 15.6. The van der Waals surface area contributed by atoms with Crippen molar-refractivity contribution in [1.29, 1.82) is 0 Å². The van der Waals surface area contributed by atoms with Crippen LogP contribution in [0.5, 0.6) is 0 Å². The minimum Gasteiger partial charge on any atom is -0.378 e. The lowest BCUT2D eigenvalue weighted by atomic mass is 10.3. The van der Waals surface area contributed by atoms with Crippen LogP contribution in [0.15, 0.2) is 12.1 Å². The molecule has 0 unspecified atom stereocenters. The average molecular weight is 319 g/mol. The molecule has 112 valence electrons. The summed E-state index contributed by atoms with van der Waals surface area (Å²) >= 11 is 5.90. The SMILES string of the molecule is O=C(C#Cc1cc(Cl)cc(N2CCOCC2)n1)C(F)(F)F. The molecule has 0 amide bonds. The third-order valence-electron chi connectivity index (χ3n) is 2.67. The standard InChI is InChI=1S/C13H10ClF3N2O2/c14-9-7-10(1-2-11(20)13(15,16)17)18-12(8-9)19-3-5-21-6-4-19/h7-8H,3-6H2. The molecule has 1 aromatic heterocycles. The minimum absolute atomic E-state index is 0.0154. The van der Waals surface area contributed by atoms with Gasteiger partial charge in [0, 0.05) is 18.1 Å². The lowest BCUT2D eigenvalue weighted by molar-refractivity contribution is -0.164. The first-order valence-electron chi connectivity index (χ1n) is 6.00. The van der Waals surface area contributed by atoms with Crippen molar-refractivity contribution in [2.75, 3.05) is 31.2 Å². The second kappa shape index (κ2) is 6.33. The summed E-state index contributed by atoms with van der Waals surface area (Å²) in [7, 11) is 0. The topological polar surface area (TPSA) is 42.4 Å². The van der Waals surface area contributed by atoms with Gasteiger partial charge in [0.25, 0.3) is 0 Å². The molecule has 1 aliphatic rings. The van der Waals surface area contributed by atoms with Crippen molar-refractivity contribution in [3.05, 3.63) is 22.8 Å². The Morgan fingerprint density at radius 3 is 2.62 bits per heavy atom. The number of rotatable bonds is 1. The highest BCUT2D eigenvalue weighted by molar-refractivity contribution is 6.30. The Bertz CT molecular complexity index is 602. The summed E-state index contributed by atoms with van der Waals surface area (Å²) < 4.78 is 41.4. The van der Waals surface area contributed by atoms with Crippen LogP contribution in [0.2, 0.25) is 5.02 Å². The van der Waals surface area contributed by atoms with Gasteiger partial charge in [0.1, 0.15) is 11.5 Å². The molecule has 0 spiro atoms. The van der Waals surface area contributed by atoms with Gasteiger partial charge in [-0.2, -0.15) is 13.2 Å². The van der Waals surface area contributed by atoms with Crippen LogP contribution in [0.4, 0.5) is 19.0 Å². The molecule has 1 aromatic rings. The molecule has 1 saturated heterocycles. The van der Waals surface area contributed by atoms with E-state index >= 15 is 0 Å². The van der Waals surface area contributed by atoms with Gasteiger partial charge in [-0.1, -0.05) is 11.6 Å². The molecular weight excluding hydrogens is 309 g/mol. The van der Waals surface area contributed by atoms with Crippen molar-refractivity contribution in [3.63, 3.8) is 0 Å². The fourth-order valence-corrected chi connectivity index (χ4v) is 1.89. The van der Waals surface area contributed by atoms with E-state index in [0.717, 1.165) is 0 Å². The molecule has 4 nitrogen and oxygen atoms in total. The number of pyridine rings is 1. The predicted molar refractivity (Wildman–Crippen MR) is 70.2 cm³/mol. The first-order chi connectivity index (χ1) is 9.86. The Hall–Kier alpha value is -1.78. The van der Waals surface area contributed by atoms with Gasteiger partial charge in [0.2, 0.25) is 0 Å². The van der Waals surface area contributed by atoms with Crippen molar-refractivity contribution in [2.45, 2.75) is 6.18 Å². The smallest absolute Gasteiger partial charge is 0.378 e. The predicted octanol–water partition coefficient (Wildman–Crippen LogP) is 2.05. The second-order valence-corrected chi connectivity index (χ2v) is 4.64. The Labute approximate surface area is 123 Å². The van der Waals surface area contributed by atoms with E-state index in [1.54, 1.807) is 6.07 Å². The van der Waals surface area contributed by atoms with E-state index in [9.17, 15) is 18.0 Å². The monoisotopic (exact) mass is 318 g/mol. The molecule has 21 heavy (non-hydrogen) atoms. The Morgan fingerprint density at radius 2 is 2.00 bits per heavy atom. The molecule has 1 fully saturated rings. The number of carbonyl (C=O) groups is 1. The fraction of sp³-hybridized carbons (Fsp3) is 0.385. The molecule has 2 heterocycles. The first-order valence-corrected chi connectivity index (χ1v) is 6.37. The van der Waals surface area contributed by atoms with Crippen LogP contribution in [0.3, 0.4) is 0 Å². The van der Waals surface area contributed by atoms with Crippen LogP contribution in [0.25, 0.3) is 0 Å². The number of hydrogen-bond acceptors (Lipinski definition) is 4. The molecule has 2 rings (SSSR count). The number of anilines is 1. The minimum atomic E-state index is -4.97. The lowest BCUT2D eigenvalue weighted by Gasteiger charge is -2.27. The summed E-state index contributed by atoms with van der Waals surface area (Å²) in [5.74, 6) is 2.00. The number of halogens is 4. The van der Waals surface area contributed by atoms with Crippen molar-refractivity contribution in [3.8, 4) is 11.8 Å². The van der Waals surface area contributed by atoms with Crippen LogP contribution in [-0.4, -0.2) is 43.2 Å². The Balaban J connectivity index is 2.23. The molecule has 0 N–H and O–H groups in total. The zero-order valence-corrected chi connectivity index (χ0v) is 11.5. The van der Waals surface area contributed by atoms with Crippen LogP contribution >= 0.6 is 11.6 Å². The van der Waals surface area contributed by atoms with Gasteiger partial charge in [-0.15, -0.1) is 0 Å². The second-order valence-electron chi connectivity index (χ2n) is 4.21. The van der Waals surface area contributed by atoms with Crippen molar-refractivity contribution < 1.29 is 22.7 Å². The van der Waals surface area contributed by atoms with Crippen molar-refractivity contribution in [1.82, 2.24) is 4.98 Å². The number of morpholine rings is 1. The number of carbonyl (C=O) groups excluding carboxylic acids is 1. The molecule has 1 aliphatic heterocycles. The normalized spacial score (nSPS) is 15.3. The molecular formula is C13H10ClF3N2O2. The molecule has 0 aliphatic carbocycles. The molecule has 0 atom stereocenters. The zero-order valence-electron chi connectivity index (χ0n) is 10.7. The maximum atomic E-state index is 12.1. The fourth-order valence-electron chi connectivity index (χ4n) is 1.69. The molecule has 0 aromatic carbocycles. The third-order valence-corrected chi connectivity index (χ3v) is 2.89. The van der Waals surface area contributed by atoms with Crippen molar-refractivity contribution >= 4 is 23.2 Å². The van der Waals surface area contributed by atoms with E-state index in [0.29, 0.717) is 32.1 Å². The largest absolute Gasteiger partial charge is 0.462 e. The van der Waals surface area contributed by atoms with Crippen LogP contribution in [0, 0.1) is 11.8 Å². The van der Waals surface area contributed by atoms with E-state index in [1.165, 1.54) is 12.0 Å². The van der Waals surface area contributed by atoms with E-state index in [1.807, 2.05) is 4.90 Å². The highest BCUT2D eigenvalue weighted by atomic mass is 35.5. The molecule has 0 saturated carbocycles. The summed E-state index contributed by atoms with van der Waals surface area (Å²) in [5.41, 5.74) is 0.0154. The maximum absolute atomic E-state index is 12.1. The quantitative estimate of drug-likeness (QED) is 0.743. The molecule has 0 bridgehead atoms. The zero-order chi connectivity index (χ0) is 15.5. The third kappa shape index (κ3) is 4.34. The van der Waals surface area contributed by atoms with Crippen molar-refractivity contribution in [2.24, 2.45) is 0 Å². The Morgan fingerprint density at radius 1 is 1.33 bits per heavy atom. The highest BCUT2D eigenvalue weighted by Gasteiger charge is 2.37. The van der Waals surface area contributed by atoms with Gasteiger partial charge in [-0.3, -0.25) is 4.79 Å². The van der Waals surface area contributed by atoms with Gasteiger partial charge in [-0.25, -0.2) is 4.98 Å². The average Bonchev–Trinajstić information content (AvgIpc) is 2.44. The van der Waals surface area contributed by atoms with Crippen LogP contribution < -0.4 is 4.90 Å². The van der Waals surface area contributed by atoms with E-state index < -0.39 is 12.0 Å². The number of Topliss-reactive ketones (excluding diaryl/α,β-unsaturated/α-hetero) is 1.